The number of ketones is 1. The Labute approximate surface area is 185 Å². The Hall–Kier alpha value is -3.65. The molecule has 1 saturated heterocycles. The SMILES string of the molecule is CCOc1ccc(C(O)=C2C(=O)C(=O)N(CCOC)C23C(=O)N(C)c2ccccc23)cc1. The van der Waals surface area contributed by atoms with Crippen LogP contribution in [-0.4, -0.2) is 61.5 Å². The average Bonchev–Trinajstić information content (AvgIpc) is 3.16. The van der Waals surface area contributed by atoms with Crippen molar-refractivity contribution in [3.63, 3.8) is 0 Å². The second-order valence-corrected chi connectivity index (χ2v) is 7.55. The van der Waals surface area contributed by atoms with Gasteiger partial charge in [-0.1, -0.05) is 18.2 Å². The van der Waals surface area contributed by atoms with Crippen LogP contribution in [0.1, 0.15) is 18.1 Å². The predicted octanol–water partition coefficient (Wildman–Crippen LogP) is 2.28. The molecule has 0 radical (unpaired) electrons. The first-order valence-electron chi connectivity index (χ1n) is 10.3. The van der Waals surface area contributed by atoms with Gasteiger partial charge in [-0.2, -0.15) is 0 Å². The van der Waals surface area contributed by atoms with E-state index >= 15 is 0 Å². The molecule has 2 aromatic carbocycles. The summed E-state index contributed by atoms with van der Waals surface area (Å²) < 4.78 is 10.6. The van der Waals surface area contributed by atoms with E-state index in [1.54, 1.807) is 55.6 Å². The third kappa shape index (κ3) is 2.90. The number of nitrogens with zero attached hydrogens (tertiary/aromatic N) is 2. The van der Waals surface area contributed by atoms with Gasteiger partial charge in [0.15, 0.2) is 5.54 Å². The molecule has 2 heterocycles. The van der Waals surface area contributed by atoms with Crippen molar-refractivity contribution < 1.29 is 29.0 Å². The first kappa shape index (κ1) is 21.6. The normalized spacial score (nSPS) is 21.5. The van der Waals surface area contributed by atoms with Gasteiger partial charge in [-0.25, -0.2) is 0 Å². The fourth-order valence-electron chi connectivity index (χ4n) is 4.47. The highest BCUT2D eigenvalue weighted by atomic mass is 16.5. The van der Waals surface area contributed by atoms with Gasteiger partial charge in [0.2, 0.25) is 0 Å². The summed E-state index contributed by atoms with van der Waals surface area (Å²) in [4.78, 5) is 42.7. The van der Waals surface area contributed by atoms with Gasteiger partial charge in [0.05, 0.1) is 18.8 Å². The number of Topliss-reactive ketones (excluding diaryl/α,β-unsaturated/α-hetero) is 1. The molecule has 166 valence electrons. The smallest absolute Gasteiger partial charge is 0.296 e. The number of likely N-dealkylation sites (tertiary alicyclic amines) is 1. The lowest BCUT2D eigenvalue weighted by Gasteiger charge is -2.34. The van der Waals surface area contributed by atoms with E-state index < -0.39 is 28.9 Å². The average molecular weight is 436 g/mol. The summed E-state index contributed by atoms with van der Waals surface area (Å²) in [6, 6.07) is 13.4. The fourth-order valence-corrected chi connectivity index (χ4v) is 4.47. The second kappa shape index (κ2) is 8.12. The molecule has 0 aliphatic carbocycles. The number of hydrogen-bond donors (Lipinski definition) is 1. The van der Waals surface area contributed by atoms with E-state index in [4.69, 9.17) is 9.47 Å². The summed E-state index contributed by atoms with van der Waals surface area (Å²) >= 11 is 0. The topological polar surface area (TPSA) is 96.4 Å². The zero-order valence-corrected chi connectivity index (χ0v) is 18.1. The second-order valence-electron chi connectivity index (χ2n) is 7.55. The van der Waals surface area contributed by atoms with Crippen molar-refractivity contribution in [2.75, 3.05) is 38.8 Å². The molecule has 1 atom stereocenters. The molecule has 8 heteroatoms. The van der Waals surface area contributed by atoms with Crippen molar-refractivity contribution in [2.24, 2.45) is 0 Å². The molecular formula is C24H24N2O6. The summed E-state index contributed by atoms with van der Waals surface area (Å²) in [5.74, 6) is -2.06. The maximum atomic E-state index is 13.7. The summed E-state index contributed by atoms with van der Waals surface area (Å²) in [5, 5.41) is 11.3. The third-order valence-corrected chi connectivity index (χ3v) is 5.90. The van der Waals surface area contributed by atoms with Crippen LogP contribution in [0, 0.1) is 0 Å². The minimum absolute atomic E-state index is 0.00897. The number of amides is 2. The first-order valence-corrected chi connectivity index (χ1v) is 10.3. The monoisotopic (exact) mass is 436 g/mol. The van der Waals surface area contributed by atoms with E-state index in [0.29, 0.717) is 29.2 Å². The number of methoxy groups -OCH3 is 1. The Bertz CT molecular complexity index is 1120. The Morgan fingerprint density at radius 1 is 1.06 bits per heavy atom. The number of ether oxygens (including phenoxy) is 2. The number of para-hydroxylation sites is 1. The van der Waals surface area contributed by atoms with Gasteiger partial charge in [-0.05, 0) is 37.3 Å². The van der Waals surface area contributed by atoms with E-state index in [-0.39, 0.29) is 18.7 Å². The number of aliphatic hydroxyl groups excluding tert-OH is 1. The molecule has 4 rings (SSSR count). The van der Waals surface area contributed by atoms with Gasteiger partial charge >= 0.3 is 0 Å². The molecule has 1 unspecified atom stereocenters. The van der Waals surface area contributed by atoms with Crippen LogP contribution in [0.3, 0.4) is 0 Å². The molecule has 2 aliphatic rings. The molecule has 32 heavy (non-hydrogen) atoms. The zero-order chi connectivity index (χ0) is 23.0. The van der Waals surface area contributed by atoms with Crippen LogP contribution in [0.2, 0.25) is 0 Å². The number of likely N-dealkylation sites (N-methyl/N-ethyl adjacent to an activating group) is 1. The van der Waals surface area contributed by atoms with E-state index in [0.717, 1.165) is 0 Å². The molecule has 1 N–H and O–H groups in total. The minimum Gasteiger partial charge on any atom is -0.507 e. The summed E-state index contributed by atoms with van der Waals surface area (Å²) in [6.45, 7) is 2.47. The van der Waals surface area contributed by atoms with Gasteiger partial charge in [0.25, 0.3) is 17.6 Å². The molecule has 0 aromatic heterocycles. The number of carbonyl (C=O) groups excluding carboxylic acids is 3. The van der Waals surface area contributed by atoms with Crippen molar-refractivity contribution in [3.8, 4) is 5.75 Å². The Balaban J connectivity index is 1.98. The summed E-state index contributed by atoms with van der Waals surface area (Å²) in [5.41, 5.74) is -0.669. The van der Waals surface area contributed by atoms with Gasteiger partial charge in [-0.3, -0.25) is 14.4 Å². The van der Waals surface area contributed by atoms with Crippen LogP contribution >= 0.6 is 0 Å². The van der Waals surface area contributed by atoms with E-state index in [2.05, 4.69) is 0 Å². The molecule has 0 saturated carbocycles. The molecule has 2 amide bonds. The standard InChI is InChI=1S/C24H24N2O6/c1-4-32-16-11-9-15(10-12-16)20(27)19-21(28)22(29)26(13-14-31-3)24(19)17-7-5-6-8-18(17)25(2)23(24)30/h5-12,27H,4,13-14H2,1-3H3. The van der Waals surface area contributed by atoms with E-state index in [1.807, 2.05) is 6.92 Å². The Kier molecular flexibility index (Phi) is 5.48. The molecular weight excluding hydrogens is 412 g/mol. The molecule has 8 nitrogen and oxygen atoms in total. The van der Waals surface area contributed by atoms with Crippen LogP contribution in [0.25, 0.3) is 5.76 Å². The van der Waals surface area contributed by atoms with Gasteiger partial charge < -0.3 is 24.4 Å². The highest BCUT2D eigenvalue weighted by Gasteiger charge is 2.66. The highest BCUT2D eigenvalue weighted by Crippen LogP contribution is 2.53. The summed E-state index contributed by atoms with van der Waals surface area (Å²) in [7, 11) is 3.06. The van der Waals surface area contributed by atoms with Crippen LogP contribution in [0.5, 0.6) is 5.75 Å². The van der Waals surface area contributed by atoms with Crippen molar-refractivity contribution >= 4 is 29.0 Å². The predicted molar refractivity (Wildman–Crippen MR) is 117 cm³/mol. The number of rotatable bonds is 6. The van der Waals surface area contributed by atoms with E-state index in [1.165, 1.54) is 16.9 Å². The van der Waals surface area contributed by atoms with Crippen LogP contribution in [0.4, 0.5) is 5.69 Å². The number of carbonyl (C=O) groups is 3. The lowest BCUT2D eigenvalue weighted by atomic mass is 9.82. The number of fused-ring (bicyclic) bond motifs is 2. The quantitative estimate of drug-likeness (QED) is 0.424. The highest BCUT2D eigenvalue weighted by molar-refractivity contribution is 6.50. The molecule has 2 aliphatic heterocycles. The summed E-state index contributed by atoms with van der Waals surface area (Å²) in [6.07, 6.45) is 0. The van der Waals surface area contributed by atoms with Crippen LogP contribution < -0.4 is 9.64 Å². The maximum Gasteiger partial charge on any atom is 0.296 e. The lowest BCUT2D eigenvalue weighted by Crippen LogP contribution is -2.52. The molecule has 0 bridgehead atoms. The van der Waals surface area contributed by atoms with Crippen molar-refractivity contribution in [3.05, 3.63) is 65.2 Å². The number of benzene rings is 2. The van der Waals surface area contributed by atoms with Gasteiger partial charge in [0, 0.05) is 37.5 Å². The van der Waals surface area contributed by atoms with Crippen molar-refractivity contribution in [1.29, 1.82) is 0 Å². The molecule has 1 fully saturated rings. The molecule has 1 spiro atoms. The zero-order valence-electron chi connectivity index (χ0n) is 18.1. The number of anilines is 1. The number of aliphatic hydroxyl groups is 1. The van der Waals surface area contributed by atoms with Crippen LogP contribution in [-0.2, 0) is 24.7 Å². The van der Waals surface area contributed by atoms with E-state index in [9.17, 15) is 19.5 Å². The number of hydrogen-bond acceptors (Lipinski definition) is 6. The van der Waals surface area contributed by atoms with Crippen molar-refractivity contribution in [2.45, 2.75) is 12.5 Å². The Morgan fingerprint density at radius 3 is 2.41 bits per heavy atom. The van der Waals surface area contributed by atoms with Crippen molar-refractivity contribution in [1.82, 2.24) is 4.90 Å². The van der Waals surface area contributed by atoms with Gasteiger partial charge in [-0.15, -0.1) is 0 Å². The third-order valence-electron chi connectivity index (χ3n) is 5.90. The lowest BCUT2D eigenvalue weighted by molar-refractivity contribution is -0.144. The maximum absolute atomic E-state index is 13.7. The minimum atomic E-state index is -1.76. The van der Waals surface area contributed by atoms with Gasteiger partial charge in [0.1, 0.15) is 11.5 Å². The first-order chi connectivity index (χ1) is 15.4. The largest absolute Gasteiger partial charge is 0.507 e. The Morgan fingerprint density at radius 2 is 1.75 bits per heavy atom. The van der Waals surface area contributed by atoms with Crippen LogP contribution in [0.15, 0.2) is 54.1 Å². The fraction of sp³-hybridized carbons (Fsp3) is 0.292. The molecule has 2 aromatic rings.